The van der Waals surface area contributed by atoms with Gasteiger partial charge in [0.1, 0.15) is 9.90 Å². The Kier molecular flexibility index (Phi) is 6.15. The van der Waals surface area contributed by atoms with Crippen LogP contribution in [0.1, 0.15) is 18.6 Å². The molecule has 2 aromatic heterocycles. The summed E-state index contributed by atoms with van der Waals surface area (Å²) in [7, 11) is -3.76. The highest BCUT2D eigenvalue weighted by molar-refractivity contribution is 7.91. The molecule has 1 aliphatic heterocycles. The van der Waals surface area contributed by atoms with Crippen molar-refractivity contribution in [2.75, 3.05) is 19.6 Å². The fourth-order valence-electron chi connectivity index (χ4n) is 2.92. The van der Waals surface area contributed by atoms with Crippen LogP contribution in [0.4, 0.5) is 13.2 Å². The van der Waals surface area contributed by atoms with Crippen LogP contribution in [-0.2, 0) is 21.0 Å². The lowest BCUT2D eigenvalue weighted by molar-refractivity contribution is -0.155. The van der Waals surface area contributed by atoms with Gasteiger partial charge >= 0.3 is 6.18 Å². The molecule has 1 fully saturated rings. The second-order valence-corrected chi connectivity index (χ2v) is 9.74. The molecule has 0 unspecified atom stereocenters. The van der Waals surface area contributed by atoms with Crippen molar-refractivity contribution in [2.24, 2.45) is 5.92 Å². The summed E-state index contributed by atoms with van der Waals surface area (Å²) < 4.78 is 69.3. The maximum Gasteiger partial charge on any atom is 0.452 e. The standard InChI is InChI=1S/C17H18F3N3O4S2/c1-2-15(24)21-10-11-5-7-23(8-6-11)29(25,26)16-4-3-13(28-16)12-9-14(27-22-12)17(18,19)20/h2-4,9,11H,1,5-8,10H2,(H,21,24). The van der Waals surface area contributed by atoms with Gasteiger partial charge in [-0.15, -0.1) is 11.3 Å². The van der Waals surface area contributed by atoms with Gasteiger partial charge in [-0.05, 0) is 37.0 Å². The van der Waals surface area contributed by atoms with E-state index in [1.807, 2.05) is 0 Å². The Morgan fingerprint density at radius 3 is 2.66 bits per heavy atom. The number of thiophene rings is 1. The second-order valence-electron chi connectivity index (χ2n) is 6.49. The molecule has 0 aromatic carbocycles. The lowest BCUT2D eigenvalue weighted by atomic mass is 9.98. The van der Waals surface area contributed by atoms with Gasteiger partial charge in [-0.2, -0.15) is 17.5 Å². The zero-order chi connectivity index (χ0) is 21.2. The molecule has 1 amide bonds. The van der Waals surface area contributed by atoms with E-state index in [1.165, 1.54) is 22.5 Å². The van der Waals surface area contributed by atoms with Crippen LogP contribution >= 0.6 is 11.3 Å². The van der Waals surface area contributed by atoms with Gasteiger partial charge in [-0.25, -0.2) is 8.42 Å². The van der Waals surface area contributed by atoms with Gasteiger partial charge in [0.15, 0.2) is 0 Å². The number of rotatable bonds is 6. The summed E-state index contributed by atoms with van der Waals surface area (Å²) in [5.41, 5.74) is -0.0690. The van der Waals surface area contributed by atoms with Gasteiger partial charge in [-0.3, -0.25) is 4.79 Å². The summed E-state index contributed by atoms with van der Waals surface area (Å²) >= 11 is 0.841. The lowest BCUT2D eigenvalue weighted by Gasteiger charge is -2.30. The van der Waals surface area contributed by atoms with Crippen molar-refractivity contribution in [1.82, 2.24) is 14.8 Å². The Hall–Kier alpha value is -2.18. The fourth-order valence-corrected chi connectivity index (χ4v) is 5.80. The molecule has 0 aliphatic carbocycles. The predicted octanol–water partition coefficient (Wildman–Crippen LogP) is 3.12. The summed E-state index contributed by atoms with van der Waals surface area (Å²) in [4.78, 5) is 11.5. The minimum atomic E-state index is -4.66. The SMILES string of the molecule is C=CC(=O)NCC1CCN(S(=O)(=O)c2ccc(-c3cc(C(F)(F)F)on3)s2)CC1. The van der Waals surface area contributed by atoms with Crippen LogP contribution in [0.2, 0.25) is 0 Å². The highest BCUT2D eigenvalue weighted by atomic mass is 32.2. The molecule has 2 aromatic rings. The number of hydrogen-bond acceptors (Lipinski definition) is 6. The molecule has 7 nitrogen and oxygen atoms in total. The smallest absolute Gasteiger partial charge is 0.352 e. The van der Waals surface area contributed by atoms with Crippen LogP contribution in [0.5, 0.6) is 0 Å². The van der Waals surface area contributed by atoms with Gasteiger partial charge in [0.2, 0.25) is 11.7 Å². The fraction of sp³-hybridized carbons (Fsp3) is 0.412. The van der Waals surface area contributed by atoms with Crippen LogP contribution < -0.4 is 5.32 Å². The van der Waals surface area contributed by atoms with E-state index in [0.717, 1.165) is 17.4 Å². The number of hydrogen-bond donors (Lipinski definition) is 1. The molecule has 0 saturated carbocycles. The van der Waals surface area contributed by atoms with Gasteiger partial charge in [0.25, 0.3) is 10.0 Å². The van der Waals surface area contributed by atoms with Crippen molar-refractivity contribution in [1.29, 1.82) is 0 Å². The number of nitrogens with one attached hydrogen (secondary N) is 1. The van der Waals surface area contributed by atoms with E-state index in [-0.39, 0.29) is 26.6 Å². The largest absolute Gasteiger partial charge is 0.452 e. The Bertz CT molecular complexity index is 990. The first-order valence-electron chi connectivity index (χ1n) is 8.66. The summed E-state index contributed by atoms with van der Waals surface area (Å²) in [5.74, 6) is -1.34. The molecule has 0 atom stereocenters. The topological polar surface area (TPSA) is 92.5 Å². The minimum Gasteiger partial charge on any atom is -0.352 e. The van der Waals surface area contributed by atoms with E-state index in [4.69, 9.17) is 0 Å². The normalized spacial score (nSPS) is 16.7. The summed E-state index contributed by atoms with van der Waals surface area (Å²) in [6, 6.07) is 3.51. The van der Waals surface area contributed by atoms with Crippen molar-refractivity contribution >= 4 is 27.3 Å². The van der Waals surface area contributed by atoms with Gasteiger partial charge in [0.05, 0.1) is 4.88 Å². The van der Waals surface area contributed by atoms with E-state index in [2.05, 4.69) is 21.6 Å². The lowest BCUT2D eigenvalue weighted by Crippen LogP contribution is -2.41. The van der Waals surface area contributed by atoms with E-state index in [1.54, 1.807) is 0 Å². The molecule has 29 heavy (non-hydrogen) atoms. The molecule has 1 aliphatic rings. The van der Waals surface area contributed by atoms with Crippen LogP contribution in [-0.4, -0.2) is 43.4 Å². The van der Waals surface area contributed by atoms with E-state index >= 15 is 0 Å². The number of nitrogens with zero attached hydrogens (tertiary/aromatic N) is 2. The quantitative estimate of drug-likeness (QED) is 0.684. The zero-order valence-corrected chi connectivity index (χ0v) is 16.7. The molecular formula is C17H18F3N3O4S2. The molecular weight excluding hydrogens is 431 g/mol. The van der Waals surface area contributed by atoms with E-state index < -0.39 is 22.0 Å². The second kappa shape index (κ2) is 8.28. The van der Waals surface area contributed by atoms with Crippen molar-refractivity contribution in [3.05, 3.63) is 36.6 Å². The van der Waals surface area contributed by atoms with Gasteiger partial charge < -0.3 is 9.84 Å². The average molecular weight is 449 g/mol. The van der Waals surface area contributed by atoms with Crippen molar-refractivity contribution in [3.8, 4) is 10.6 Å². The summed E-state index contributed by atoms with van der Waals surface area (Å²) in [5, 5.41) is 6.08. The Labute approximate surface area is 169 Å². The first-order chi connectivity index (χ1) is 13.6. The summed E-state index contributed by atoms with van der Waals surface area (Å²) in [6.07, 6.45) is -2.30. The van der Waals surface area contributed by atoms with E-state index in [0.29, 0.717) is 32.5 Å². The number of carbonyl (C=O) groups excluding carboxylic acids is 1. The highest BCUT2D eigenvalue weighted by Crippen LogP contribution is 2.36. The summed E-state index contributed by atoms with van der Waals surface area (Å²) in [6.45, 7) is 4.42. The first kappa shape index (κ1) is 21.5. The average Bonchev–Trinajstić information content (AvgIpc) is 3.35. The predicted molar refractivity (Wildman–Crippen MR) is 99.5 cm³/mol. The number of amides is 1. The minimum absolute atomic E-state index is 0.0301. The molecule has 1 saturated heterocycles. The molecule has 158 valence electrons. The van der Waals surface area contributed by atoms with Crippen molar-refractivity contribution in [3.63, 3.8) is 0 Å². The number of halogens is 3. The Morgan fingerprint density at radius 2 is 2.07 bits per heavy atom. The zero-order valence-electron chi connectivity index (χ0n) is 15.1. The maximum atomic E-state index is 12.8. The Balaban J connectivity index is 1.66. The van der Waals surface area contributed by atoms with Crippen LogP contribution in [0, 0.1) is 5.92 Å². The molecule has 3 rings (SSSR count). The molecule has 3 heterocycles. The molecule has 1 N–H and O–H groups in total. The van der Waals surface area contributed by atoms with Crippen molar-refractivity contribution in [2.45, 2.75) is 23.2 Å². The number of sulfonamides is 1. The molecule has 0 spiro atoms. The van der Waals surface area contributed by atoms with Crippen LogP contribution in [0.3, 0.4) is 0 Å². The van der Waals surface area contributed by atoms with Crippen LogP contribution in [0.15, 0.2) is 39.6 Å². The van der Waals surface area contributed by atoms with Crippen molar-refractivity contribution < 1.29 is 30.9 Å². The number of aromatic nitrogens is 1. The monoisotopic (exact) mass is 449 g/mol. The highest BCUT2D eigenvalue weighted by Gasteiger charge is 2.36. The number of piperidine rings is 1. The third-order valence-corrected chi connectivity index (χ3v) is 8.02. The molecule has 0 bridgehead atoms. The van der Waals surface area contributed by atoms with Gasteiger partial charge in [-0.1, -0.05) is 11.7 Å². The molecule has 12 heteroatoms. The third-order valence-electron chi connectivity index (χ3n) is 4.54. The third kappa shape index (κ3) is 4.87. The maximum absolute atomic E-state index is 12.8. The Morgan fingerprint density at radius 1 is 1.38 bits per heavy atom. The first-order valence-corrected chi connectivity index (χ1v) is 10.9. The van der Waals surface area contributed by atoms with E-state index in [9.17, 15) is 26.4 Å². The van der Waals surface area contributed by atoms with Gasteiger partial charge in [0, 0.05) is 25.7 Å². The van der Waals surface area contributed by atoms with Crippen LogP contribution in [0.25, 0.3) is 10.6 Å². The number of alkyl halides is 3. The molecule has 0 radical (unpaired) electrons. The number of carbonyl (C=O) groups is 1.